The van der Waals surface area contributed by atoms with Crippen LogP contribution < -0.4 is 0 Å². The van der Waals surface area contributed by atoms with Crippen LogP contribution in [0.15, 0.2) is 60.7 Å². The predicted molar refractivity (Wildman–Crippen MR) is 65.9 cm³/mol. The van der Waals surface area contributed by atoms with Crippen LogP contribution in [0.3, 0.4) is 0 Å². The van der Waals surface area contributed by atoms with Gasteiger partial charge in [-0.3, -0.25) is 0 Å². The fraction of sp³-hybridized carbons (Fsp3) is 0.133. The van der Waals surface area contributed by atoms with Gasteiger partial charge in [-0.15, -0.1) is 0 Å². The number of rotatable bonds is 3. The van der Waals surface area contributed by atoms with E-state index in [9.17, 15) is 4.79 Å². The standard InChI is InChI=1S/C15H12O3/c16-14(12-9-5-2-6-10-12)18-15-13(17-15)11-7-3-1-4-8-11/h1-10,13,15H. The van der Waals surface area contributed by atoms with E-state index >= 15 is 0 Å². The van der Waals surface area contributed by atoms with Gasteiger partial charge in [0, 0.05) is 0 Å². The molecular formula is C15H12O3. The normalized spacial score (nSPS) is 21.3. The molecule has 2 atom stereocenters. The highest BCUT2D eigenvalue weighted by Crippen LogP contribution is 2.39. The third kappa shape index (κ3) is 2.26. The SMILES string of the molecule is O=C(OC1OC1c1ccccc1)c1ccccc1. The van der Waals surface area contributed by atoms with Crippen LogP contribution >= 0.6 is 0 Å². The maximum Gasteiger partial charge on any atom is 0.340 e. The number of ether oxygens (including phenoxy) is 2. The third-order valence-electron chi connectivity index (χ3n) is 2.81. The predicted octanol–water partition coefficient (Wildman–Crippen LogP) is 2.94. The van der Waals surface area contributed by atoms with E-state index in [2.05, 4.69) is 0 Å². The van der Waals surface area contributed by atoms with E-state index in [1.165, 1.54) is 0 Å². The Kier molecular flexibility index (Phi) is 2.82. The van der Waals surface area contributed by atoms with Crippen molar-refractivity contribution in [3.63, 3.8) is 0 Å². The Morgan fingerprint density at radius 2 is 1.56 bits per heavy atom. The highest BCUT2D eigenvalue weighted by molar-refractivity contribution is 5.89. The van der Waals surface area contributed by atoms with Crippen molar-refractivity contribution in [2.45, 2.75) is 12.4 Å². The van der Waals surface area contributed by atoms with E-state index in [0.29, 0.717) is 5.56 Å². The van der Waals surface area contributed by atoms with Gasteiger partial charge < -0.3 is 9.47 Å². The molecule has 0 spiro atoms. The van der Waals surface area contributed by atoms with Gasteiger partial charge in [0.25, 0.3) is 0 Å². The Hall–Kier alpha value is -2.13. The molecule has 0 N–H and O–H groups in total. The quantitative estimate of drug-likeness (QED) is 0.611. The second-order valence-electron chi connectivity index (χ2n) is 4.11. The lowest BCUT2D eigenvalue weighted by Crippen LogP contribution is -2.07. The highest BCUT2D eigenvalue weighted by Gasteiger charge is 2.43. The number of carbonyl (C=O) groups is 1. The molecular weight excluding hydrogens is 228 g/mol. The van der Waals surface area contributed by atoms with Crippen molar-refractivity contribution in [1.82, 2.24) is 0 Å². The summed E-state index contributed by atoms with van der Waals surface area (Å²) >= 11 is 0. The second kappa shape index (κ2) is 4.63. The molecule has 3 rings (SSSR count). The first-order valence-corrected chi connectivity index (χ1v) is 5.81. The van der Waals surface area contributed by atoms with Crippen molar-refractivity contribution in [2.24, 2.45) is 0 Å². The zero-order valence-electron chi connectivity index (χ0n) is 9.65. The molecule has 90 valence electrons. The Morgan fingerprint density at radius 1 is 0.944 bits per heavy atom. The molecule has 1 heterocycles. The monoisotopic (exact) mass is 240 g/mol. The van der Waals surface area contributed by atoms with Gasteiger partial charge in [-0.25, -0.2) is 4.79 Å². The fourth-order valence-electron chi connectivity index (χ4n) is 1.81. The van der Waals surface area contributed by atoms with Gasteiger partial charge in [-0.05, 0) is 17.7 Å². The largest absolute Gasteiger partial charge is 0.429 e. The molecule has 2 aromatic carbocycles. The minimum Gasteiger partial charge on any atom is -0.429 e. The molecule has 0 amide bonds. The van der Waals surface area contributed by atoms with Crippen molar-refractivity contribution < 1.29 is 14.3 Å². The average Bonchev–Trinajstić information content (AvgIpc) is 3.20. The molecule has 0 aliphatic carbocycles. The average molecular weight is 240 g/mol. The zero-order valence-corrected chi connectivity index (χ0v) is 9.65. The summed E-state index contributed by atoms with van der Waals surface area (Å²) in [6.45, 7) is 0. The van der Waals surface area contributed by atoms with Crippen LogP contribution in [0.2, 0.25) is 0 Å². The second-order valence-corrected chi connectivity index (χ2v) is 4.11. The fourth-order valence-corrected chi connectivity index (χ4v) is 1.81. The van der Waals surface area contributed by atoms with Crippen LogP contribution in [0.1, 0.15) is 22.0 Å². The lowest BCUT2D eigenvalue weighted by molar-refractivity contribution is 0.0297. The Morgan fingerprint density at radius 3 is 2.22 bits per heavy atom. The van der Waals surface area contributed by atoms with Crippen LogP contribution in [0.25, 0.3) is 0 Å². The van der Waals surface area contributed by atoms with Crippen molar-refractivity contribution in [1.29, 1.82) is 0 Å². The van der Waals surface area contributed by atoms with E-state index in [0.717, 1.165) is 5.56 Å². The number of hydrogen-bond donors (Lipinski definition) is 0. The maximum atomic E-state index is 11.8. The first-order chi connectivity index (χ1) is 8.84. The molecule has 2 unspecified atom stereocenters. The molecule has 0 radical (unpaired) electrons. The Bertz CT molecular complexity index is 536. The van der Waals surface area contributed by atoms with E-state index < -0.39 is 6.29 Å². The molecule has 0 bridgehead atoms. The van der Waals surface area contributed by atoms with Crippen molar-refractivity contribution in [2.75, 3.05) is 0 Å². The van der Waals surface area contributed by atoms with Crippen molar-refractivity contribution >= 4 is 5.97 Å². The summed E-state index contributed by atoms with van der Waals surface area (Å²) in [7, 11) is 0. The summed E-state index contributed by atoms with van der Waals surface area (Å²) in [4.78, 5) is 11.8. The van der Waals surface area contributed by atoms with Crippen molar-refractivity contribution in [3.05, 3.63) is 71.8 Å². The molecule has 1 aliphatic rings. The van der Waals surface area contributed by atoms with E-state index in [1.54, 1.807) is 24.3 Å². The molecule has 18 heavy (non-hydrogen) atoms. The van der Waals surface area contributed by atoms with Crippen LogP contribution in [-0.4, -0.2) is 12.3 Å². The van der Waals surface area contributed by atoms with Gasteiger partial charge in [-0.2, -0.15) is 0 Å². The van der Waals surface area contributed by atoms with E-state index in [-0.39, 0.29) is 12.1 Å². The van der Waals surface area contributed by atoms with Gasteiger partial charge in [-0.1, -0.05) is 48.5 Å². The van der Waals surface area contributed by atoms with Crippen LogP contribution in [0.4, 0.5) is 0 Å². The van der Waals surface area contributed by atoms with E-state index in [1.807, 2.05) is 36.4 Å². The van der Waals surface area contributed by atoms with Crippen LogP contribution in [-0.2, 0) is 9.47 Å². The minimum atomic E-state index is -0.458. The van der Waals surface area contributed by atoms with Gasteiger partial charge in [0.05, 0.1) is 5.56 Å². The summed E-state index contributed by atoms with van der Waals surface area (Å²) in [5, 5.41) is 0. The van der Waals surface area contributed by atoms with Gasteiger partial charge in [0.15, 0.2) is 0 Å². The van der Waals surface area contributed by atoms with Gasteiger partial charge >= 0.3 is 5.97 Å². The molecule has 2 aromatic rings. The van der Waals surface area contributed by atoms with Gasteiger partial charge in [0.1, 0.15) is 6.10 Å². The lowest BCUT2D eigenvalue weighted by atomic mass is 10.1. The third-order valence-corrected chi connectivity index (χ3v) is 2.81. The topological polar surface area (TPSA) is 38.8 Å². The highest BCUT2D eigenvalue weighted by atomic mass is 16.8. The molecule has 0 saturated carbocycles. The molecule has 0 aromatic heterocycles. The molecule has 1 saturated heterocycles. The first-order valence-electron chi connectivity index (χ1n) is 5.81. The summed E-state index contributed by atoms with van der Waals surface area (Å²) in [6.07, 6.45) is -0.584. The van der Waals surface area contributed by atoms with Crippen molar-refractivity contribution in [3.8, 4) is 0 Å². The molecule has 1 aliphatic heterocycles. The maximum absolute atomic E-state index is 11.8. The lowest BCUT2D eigenvalue weighted by Gasteiger charge is -2.00. The number of carbonyl (C=O) groups excluding carboxylic acids is 1. The number of epoxide rings is 1. The Labute approximate surface area is 105 Å². The summed E-state index contributed by atoms with van der Waals surface area (Å²) in [5.41, 5.74) is 1.57. The Balaban J connectivity index is 1.62. The summed E-state index contributed by atoms with van der Waals surface area (Å²) in [6, 6.07) is 18.7. The first kappa shape index (κ1) is 11.0. The zero-order chi connectivity index (χ0) is 12.4. The number of esters is 1. The molecule has 3 heteroatoms. The van der Waals surface area contributed by atoms with E-state index in [4.69, 9.17) is 9.47 Å². The minimum absolute atomic E-state index is 0.126. The van der Waals surface area contributed by atoms with Crippen LogP contribution in [0, 0.1) is 0 Å². The summed E-state index contributed by atoms with van der Waals surface area (Å²) in [5.74, 6) is -0.348. The number of hydrogen-bond acceptors (Lipinski definition) is 3. The summed E-state index contributed by atoms with van der Waals surface area (Å²) < 4.78 is 10.6. The molecule has 1 fully saturated rings. The van der Waals surface area contributed by atoms with Crippen LogP contribution in [0.5, 0.6) is 0 Å². The molecule has 3 nitrogen and oxygen atoms in total. The smallest absolute Gasteiger partial charge is 0.340 e. The number of benzene rings is 2. The van der Waals surface area contributed by atoms with Gasteiger partial charge in [0.2, 0.25) is 6.29 Å².